The van der Waals surface area contributed by atoms with Crippen molar-refractivity contribution >= 4 is 0 Å². The Morgan fingerprint density at radius 1 is 1.33 bits per heavy atom. The van der Waals surface area contributed by atoms with Crippen molar-refractivity contribution in [2.45, 2.75) is 33.0 Å². The normalized spacial score (nSPS) is 10.9. The molecule has 0 atom stereocenters. The molecule has 0 aliphatic heterocycles. The Hall–Kier alpha value is -1.81. The average Bonchev–Trinajstić information content (AvgIpc) is 2.85. The summed E-state index contributed by atoms with van der Waals surface area (Å²) in [7, 11) is 0. The van der Waals surface area contributed by atoms with Gasteiger partial charge < -0.3 is 10.5 Å². The Balaban J connectivity index is 1.97. The van der Waals surface area contributed by atoms with Gasteiger partial charge in [-0.1, -0.05) is 24.3 Å². The number of hydrogen-bond donors (Lipinski definition) is 1. The molecule has 1 heterocycles. The Kier molecular flexibility index (Phi) is 3.99. The van der Waals surface area contributed by atoms with E-state index in [2.05, 4.69) is 25.0 Å². The first kappa shape index (κ1) is 12.6. The standard InChI is InChI=1S/C14H19N3O/c1-11(2)17-9-14(8-16-17)18-10-13-5-3-4-12(6-13)7-15/h3-6,8-9,11H,7,10,15H2,1-2H3. The van der Waals surface area contributed by atoms with Crippen molar-refractivity contribution in [2.24, 2.45) is 5.73 Å². The number of rotatable bonds is 5. The van der Waals surface area contributed by atoms with Crippen molar-refractivity contribution < 1.29 is 4.74 Å². The molecule has 2 rings (SSSR count). The van der Waals surface area contributed by atoms with E-state index in [4.69, 9.17) is 10.5 Å². The fourth-order valence-corrected chi connectivity index (χ4v) is 1.69. The molecule has 18 heavy (non-hydrogen) atoms. The second kappa shape index (κ2) is 5.69. The van der Waals surface area contributed by atoms with Crippen LogP contribution in [0, 0.1) is 0 Å². The molecule has 0 amide bonds. The summed E-state index contributed by atoms with van der Waals surface area (Å²) in [5.74, 6) is 0.793. The van der Waals surface area contributed by atoms with Crippen LogP contribution in [0.2, 0.25) is 0 Å². The number of ether oxygens (including phenoxy) is 1. The monoisotopic (exact) mass is 245 g/mol. The number of aromatic nitrogens is 2. The van der Waals surface area contributed by atoms with Crippen LogP contribution < -0.4 is 10.5 Å². The summed E-state index contributed by atoms with van der Waals surface area (Å²) in [5.41, 5.74) is 7.85. The van der Waals surface area contributed by atoms with E-state index in [0.717, 1.165) is 16.9 Å². The van der Waals surface area contributed by atoms with Crippen molar-refractivity contribution in [3.63, 3.8) is 0 Å². The third-order valence-corrected chi connectivity index (χ3v) is 2.74. The van der Waals surface area contributed by atoms with Gasteiger partial charge in [-0.2, -0.15) is 5.10 Å². The van der Waals surface area contributed by atoms with Gasteiger partial charge in [-0.05, 0) is 25.0 Å². The number of nitrogens with two attached hydrogens (primary N) is 1. The molecule has 1 aromatic heterocycles. The highest BCUT2D eigenvalue weighted by molar-refractivity contribution is 5.23. The predicted molar refractivity (Wildman–Crippen MR) is 71.3 cm³/mol. The first-order valence-corrected chi connectivity index (χ1v) is 6.14. The quantitative estimate of drug-likeness (QED) is 0.880. The lowest BCUT2D eigenvalue weighted by Gasteiger charge is -2.06. The zero-order valence-electron chi connectivity index (χ0n) is 10.8. The molecule has 4 heteroatoms. The van der Waals surface area contributed by atoms with Crippen LogP contribution >= 0.6 is 0 Å². The van der Waals surface area contributed by atoms with Gasteiger partial charge >= 0.3 is 0 Å². The van der Waals surface area contributed by atoms with Gasteiger partial charge in [0.2, 0.25) is 0 Å². The average molecular weight is 245 g/mol. The SMILES string of the molecule is CC(C)n1cc(OCc2cccc(CN)c2)cn1. The van der Waals surface area contributed by atoms with E-state index >= 15 is 0 Å². The topological polar surface area (TPSA) is 53.1 Å². The van der Waals surface area contributed by atoms with Crippen molar-refractivity contribution in [1.82, 2.24) is 9.78 Å². The van der Waals surface area contributed by atoms with Crippen LogP contribution in [-0.2, 0) is 13.2 Å². The highest BCUT2D eigenvalue weighted by Crippen LogP contribution is 2.14. The van der Waals surface area contributed by atoms with E-state index in [-0.39, 0.29) is 0 Å². The van der Waals surface area contributed by atoms with Crippen LogP contribution in [0.4, 0.5) is 0 Å². The third kappa shape index (κ3) is 3.11. The van der Waals surface area contributed by atoms with E-state index in [9.17, 15) is 0 Å². The molecule has 0 aliphatic rings. The molecule has 0 fully saturated rings. The summed E-state index contributed by atoms with van der Waals surface area (Å²) in [6, 6.07) is 8.46. The molecular formula is C14H19N3O. The van der Waals surface area contributed by atoms with Crippen molar-refractivity contribution in [2.75, 3.05) is 0 Å². The minimum atomic E-state index is 0.350. The molecule has 0 bridgehead atoms. The van der Waals surface area contributed by atoms with Crippen LogP contribution in [0.3, 0.4) is 0 Å². The maximum atomic E-state index is 5.70. The highest BCUT2D eigenvalue weighted by Gasteiger charge is 2.03. The molecular weight excluding hydrogens is 226 g/mol. The van der Waals surface area contributed by atoms with Crippen LogP contribution in [0.1, 0.15) is 31.0 Å². The summed E-state index contributed by atoms with van der Waals surface area (Å²) < 4.78 is 7.58. The fourth-order valence-electron chi connectivity index (χ4n) is 1.69. The lowest BCUT2D eigenvalue weighted by atomic mass is 10.1. The van der Waals surface area contributed by atoms with Crippen LogP contribution in [-0.4, -0.2) is 9.78 Å². The number of benzene rings is 1. The first-order chi connectivity index (χ1) is 8.69. The molecule has 2 aromatic rings. The van der Waals surface area contributed by atoms with Crippen molar-refractivity contribution in [3.05, 3.63) is 47.8 Å². The molecule has 0 aliphatic carbocycles. The van der Waals surface area contributed by atoms with Gasteiger partial charge in [-0.3, -0.25) is 4.68 Å². The zero-order valence-corrected chi connectivity index (χ0v) is 10.8. The second-order valence-electron chi connectivity index (χ2n) is 4.56. The molecule has 4 nitrogen and oxygen atoms in total. The van der Waals surface area contributed by atoms with E-state index in [0.29, 0.717) is 19.2 Å². The van der Waals surface area contributed by atoms with Gasteiger partial charge in [0.1, 0.15) is 6.61 Å². The number of nitrogens with zero attached hydrogens (tertiary/aromatic N) is 2. The minimum absolute atomic E-state index is 0.350. The van der Waals surface area contributed by atoms with Crippen LogP contribution in [0.25, 0.3) is 0 Å². The summed E-state index contributed by atoms with van der Waals surface area (Å²) in [6.45, 7) is 5.26. The molecule has 0 spiro atoms. The molecule has 96 valence electrons. The van der Waals surface area contributed by atoms with Gasteiger partial charge in [0, 0.05) is 12.6 Å². The maximum absolute atomic E-state index is 5.70. The van der Waals surface area contributed by atoms with Crippen LogP contribution in [0.5, 0.6) is 5.75 Å². The fraction of sp³-hybridized carbons (Fsp3) is 0.357. The van der Waals surface area contributed by atoms with Crippen molar-refractivity contribution in [3.8, 4) is 5.75 Å². The van der Waals surface area contributed by atoms with Gasteiger partial charge in [0.05, 0.1) is 12.4 Å². The first-order valence-electron chi connectivity index (χ1n) is 6.14. The van der Waals surface area contributed by atoms with E-state index in [1.807, 2.05) is 29.1 Å². The number of hydrogen-bond acceptors (Lipinski definition) is 3. The van der Waals surface area contributed by atoms with Gasteiger partial charge in [0.25, 0.3) is 0 Å². The molecule has 0 saturated heterocycles. The smallest absolute Gasteiger partial charge is 0.157 e. The third-order valence-electron chi connectivity index (χ3n) is 2.74. The second-order valence-corrected chi connectivity index (χ2v) is 4.56. The summed E-state index contributed by atoms with van der Waals surface area (Å²) in [6.07, 6.45) is 3.66. The molecule has 0 unspecified atom stereocenters. The van der Waals surface area contributed by atoms with Gasteiger partial charge in [-0.25, -0.2) is 0 Å². The maximum Gasteiger partial charge on any atom is 0.157 e. The van der Waals surface area contributed by atoms with Crippen LogP contribution in [0.15, 0.2) is 36.7 Å². The molecule has 2 N–H and O–H groups in total. The Morgan fingerprint density at radius 3 is 2.78 bits per heavy atom. The van der Waals surface area contributed by atoms with E-state index in [1.165, 1.54) is 0 Å². The summed E-state index contributed by atoms with van der Waals surface area (Å²) in [4.78, 5) is 0. The largest absolute Gasteiger partial charge is 0.486 e. The summed E-state index contributed by atoms with van der Waals surface area (Å²) >= 11 is 0. The van der Waals surface area contributed by atoms with Gasteiger partial charge in [0.15, 0.2) is 5.75 Å². The van der Waals surface area contributed by atoms with E-state index in [1.54, 1.807) is 6.20 Å². The van der Waals surface area contributed by atoms with E-state index < -0.39 is 0 Å². The van der Waals surface area contributed by atoms with Crippen molar-refractivity contribution in [1.29, 1.82) is 0 Å². The minimum Gasteiger partial charge on any atom is -0.486 e. The Labute approximate surface area is 107 Å². The summed E-state index contributed by atoms with van der Waals surface area (Å²) in [5, 5.41) is 4.23. The lowest BCUT2D eigenvalue weighted by Crippen LogP contribution is -2.00. The highest BCUT2D eigenvalue weighted by atomic mass is 16.5. The molecule has 0 radical (unpaired) electrons. The Morgan fingerprint density at radius 2 is 2.11 bits per heavy atom. The predicted octanol–water partition coefficient (Wildman–Crippen LogP) is 2.50. The molecule has 0 saturated carbocycles. The van der Waals surface area contributed by atoms with Gasteiger partial charge in [-0.15, -0.1) is 0 Å². The molecule has 1 aromatic carbocycles. The Bertz CT molecular complexity index is 505. The lowest BCUT2D eigenvalue weighted by molar-refractivity contribution is 0.305. The zero-order chi connectivity index (χ0) is 13.0.